The van der Waals surface area contributed by atoms with Crippen molar-refractivity contribution in [1.82, 2.24) is 14.9 Å². The molecule has 0 saturated heterocycles. The van der Waals surface area contributed by atoms with Gasteiger partial charge in [0, 0.05) is 23.5 Å². The fraction of sp³-hybridized carbons (Fsp3) is 0.250. The van der Waals surface area contributed by atoms with E-state index in [9.17, 15) is 4.79 Å². The van der Waals surface area contributed by atoms with Crippen LogP contribution in [-0.4, -0.2) is 15.5 Å². The van der Waals surface area contributed by atoms with Gasteiger partial charge in [-0.05, 0) is 44.2 Å². The first-order valence-corrected chi connectivity index (χ1v) is 8.24. The Morgan fingerprint density at radius 1 is 1.41 bits per heavy atom. The van der Waals surface area contributed by atoms with Gasteiger partial charge in [0.05, 0.1) is 16.8 Å². The van der Waals surface area contributed by atoms with Gasteiger partial charge >= 0.3 is 0 Å². The van der Waals surface area contributed by atoms with Gasteiger partial charge in [0.2, 0.25) is 0 Å². The molecule has 1 N–H and O–H groups in total. The van der Waals surface area contributed by atoms with Crippen LogP contribution in [0.4, 0.5) is 0 Å². The zero-order valence-corrected chi connectivity index (χ0v) is 13.9. The first-order chi connectivity index (χ1) is 10.5. The number of hydrogen-bond acceptors (Lipinski definition) is 3. The highest BCUT2D eigenvalue weighted by Gasteiger charge is 2.10. The monoisotopic (exact) mass is 333 g/mol. The van der Waals surface area contributed by atoms with Crippen LogP contribution in [0.25, 0.3) is 10.2 Å². The fourth-order valence-electron chi connectivity index (χ4n) is 2.40. The van der Waals surface area contributed by atoms with Crippen molar-refractivity contribution >= 4 is 39.1 Å². The van der Waals surface area contributed by atoms with Crippen LogP contribution in [0.5, 0.6) is 0 Å². The summed E-state index contributed by atoms with van der Waals surface area (Å²) in [4.78, 5) is 16.5. The molecule has 6 heteroatoms. The molecule has 0 aliphatic carbocycles. The minimum Gasteiger partial charge on any atom is -0.347 e. The number of hydrogen-bond donors (Lipinski definition) is 1. The lowest BCUT2D eigenvalue weighted by atomic mass is 10.2. The van der Waals surface area contributed by atoms with E-state index in [1.807, 2.05) is 24.4 Å². The molecule has 2 heterocycles. The highest BCUT2D eigenvalue weighted by atomic mass is 35.5. The van der Waals surface area contributed by atoms with Crippen LogP contribution < -0.4 is 5.32 Å². The summed E-state index contributed by atoms with van der Waals surface area (Å²) in [6.45, 7) is 4.73. The largest absolute Gasteiger partial charge is 0.347 e. The molecule has 4 nitrogen and oxygen atoms in total. The summed E-state index contributed by atoms with van der Waals surface area (Å²) in [5, 5.41) is 2.95. The van der Waals surface area contributed by atoms with Crippen molar-refractivity contribution in [3.63, 3.8) is 0 Å². The first-order valence-electron chi connectivity index (χ1n) is 7.04. The van der Waals surface area contributed by atoms with Crippen LogP contribution in [0.15, 0.2) is 36.5 Å². The number of rotatable bonds is 4. The zero-order chi connectivity index (χ0) is 15.7. The van der Waals surface area contributed by atoms with Crippen LogP contribution in [0, 0.1) is 0 Å². The minimum absolute atomic E-state index is 0.109. The number of fused-ring (bicyclic) bond motifs is 1. The number of thiazole rings is 1. The maximum Gasteiger partial charge on any atom is 0.251 e. The number of nitrogens with one attached hydrogen (secondary N) is 1. The molecule has 114 valence electrons. The Morgan fingerprint density at radius 2 is 2.23 bits per heavy atom. The molecular formula is C16H16ClN3OS. The molecular weight excluding hydrogens is 318 g/mol. The third-order valence-electron chi connectivity index (χ3n) is 3.48. The topological polar surface area (TPSA) is 46.9 Å². The van der Waals surface area contributed by atoms with Gasteiger partial charge in [-0.3, -0.25) is 4.79 Å². The zero-order valence-electron chi connectivity index (χ0n) is 12.3. The predicted octanol–water partition coefficient (Wildman–Crippen LogP) is 4.26. The van der Waals surface area contributed by atoms with E-state index in [-0.39, 0.29) is 5.91 Å². The fourth-order valence-corrected chi connectivity index (χ4v) is 3.41. The molecule has 22 heavy (non-hydrogen) atoms. The summed E-state index contributed by atoms with van der Waals surface area (Å²) in [6, 6.07) is 9.83. The average Bonchev–Trinajstić information content (AvgIpc) is 3.08. The van der Waals surface area contributed by atoms with Gasteiger partial charge in [-0.2, -0.15) is 0 Å². The van der Waals surface area contributed by atoms with Crippen LogP contribution in [-0.2, 0) is 6.54 Å². The van der Waals surface area contributed by atoms with Crippen LogP contribution in [0.2, 0.25) is 4.47 Å². The summed E-state index contributed by atoms with van der Waals surface area (Å²) in [5.41, 5.74) is 2.44. The molecule has 0 aliphatic rings. The molecule has 0 radical (unpaired) electrons. The smallest absolute Gasteiger partial charge is 0.251 e. The van der Waals surface area contributed by atoms with E-state index in [1.54, 1.807) is 12.1 Å². The third-order valence-corrected chi connectivity index (χ3v) is 4.62. The van der Waals surface area contributed by atoms with Crippen molar-refractivity contribution in [1.29, 1.82) is 0 Å². The molecule has 3 rings (SSSR count). The lowest BCUT2D eigenvalue weighted by Crippen LogP contribution is -2.24. The number of carbonyl (C=O) groups excluding carboxylic acids is 1. The van der Waals surface area contributed by atoms with Gasteiger partial charge in [-0.25, -0.2) is 4.98 Å². The molecule has 2 aromatic heterocycles. The second kappa shape index (κ2) is 6.10. The lowest BCUT2D eigenvalue weighted by molar-refractivity contribution is 0.0950. The van der Waals surface area contributed by atoms with Crippen molar-refractivity contribution in [2.75, 3.05) is 0 Å². The average molecular weight is 334 g/mol. The molecule has 0 spiro atoms. The summed E-state index contributed by atoms with van der Waals surface area (Å²) in [6.07, 6.45) is 2.02. The molecule has 0 unspecified atom stereocenters. The van der Waals surface area contributed by atoms with E-state index in [1.165, 1.54) is 11.3 Å². The Kier molecular flexibility index (Phi) is 4.18. The molecule has 0 saturated carbocycles. The van der Waals surface area contributed by atoms with Gasteiger partial charge in [-0.1, -0.05) is 11.6 Å². The lowest BCUT2D eigenvalue weighted by Gasteiger charge is -2.13. The van der Waals surface area contributed by atoms with Gasteiger partial charge in [0.1, 0.15) is 0 Å². The number of benzene rings is 1. The van der Waals surface area contributed by atoms with Gasteiger partial charge in [0.15, 0.2) is 4.47 Å². The van der Waals surface area contributed by atoms with Gasteiger partial charge in [-0.15, -0.1) is 11.3 Å². The minimum atomic E-state index is -0.109. The first kappa shape index (κ1) is 15.1. The van der Waals surface area contributed by atoms with E-state index in [2.05, 4.69) is 28.7 Å². The maximum absolute atomic E-state index is 12.3. The number of carbonyl (C=O) groups is 1. The Balaban J connectivity index is 1.74. The second-order valence-corrected chi connectivity index (χ2v) is 6.95. The number of halogens is 1. The van der Waals surface area contributed by atoms with Crippen molar-refractivity contribution in [2.45, 2.75) is 26.4 Å². The van der Waals surface area contributed by atoms with E-state index in [0.717, 1.165) is 15.9 Å². The van der Waals surface area contributed by atoms with E-state index < -0.39 is 0 Å². The van der Waals surface area contributed by atoms with Crippen molar-refractivity contribution in [3.05, 3.63) is 52.3 Å². The summed E-state index contributed by atoms with van der Waals surface area (Å²) >= 11 is 7.30. The molecule has 0 bridgehead atoms. The highest BCUT2D eigenvalue weighted by Crippen LogP contribution is 2.26. The van der Waals surface area contributed by atoms with Crippen molar-refractivity contribution in [3.8, 4) is 0 Å². The van der Waals surface area contributed by atoms with Crippen LogP contribution in [0.3, 0.4) is 0 Å². The SMILES string of the molecule is CC(C)n1cccc1CNC(=O)c1ccc2sc(Cl)nc2c1. The summed E-state index contributed by atoms with van der Waals surface area (Å²) < 4.78 is 3.61. The van der Waals surface area contributed by atoms with Crippen molar-refractivity contribution < 1.29 is 4.79 Å². The van der Waals surface area contributed by atoms with Crippen LogP contribution >= 0.6 is 22.9 Å². The Hall–Kier alpha value is -1.85. The summed E-state index contributed by atoms with van der Waals surface area (Å²) in [5.74, 6) is -0.109. The predicted molar refractivity (Wildman–Crippen MR) is 90.6 cm³/mol. The molecule has 3 aromatic rings. The quantitative estimate of drug-likeness (QED) is 0.775. The number of nitrogens with zero attached hydrogens (tertiary/aromatic N) is 2. The molecule has 0 aliphatic heterocycles. The Labute approximate surface area is 137 Å². The number of aromatic nitrogens is 2. The summed E-state index contributed by atoms with van der Waals surface area (Å²) in [7, 11) is 0. The standard InChI is InChI=1S/C16H16ClN3OS/c1-10(2)20-7-3-4-12(20)9-18-15(21)11-5-6-14-13(8-11)19-16(17)22-14/h3-8,10H,9H2,1-2H3,(H,18,21). The van der Waals surface area contributed by atoms with Gasteiger partial charge in [0.25, 0.3) is 5.91 Å². The Bertz CT molecular complexity index is 822. The molecule has 1 aromatic carbocycles. The molecule has 0 atom stereocenters. The highest BCUT2D eigenvalue weighted by molar-refractivity contribution is 7.22. The normalized spacial score (nSPS) is 11.3. The number of amides is 1. The Morgan fingerprint density at radius 3 is 3.00 bits per heavy atom. The molecule has 1 amide bonds. The molecule has 0 fully saturated rings. The van der Waals surface area contributed by atoms with E-state index in [4.69, 9.17) is 11.6 Å². The third kappa shape index (κ3) is 3.00. The van der Waals surface area contributed by atoms with Crippen LogP contribution in [0.1, 0.15) is 35.9 Å². The second-order valence-electron chi connectivity index (χ2n) is 5.33. The van der Waals surface area contributed by atoms with E-state index >= 15 is 0 Å². The van der Waals surface area contributed by atoms with E-state index in [0.29, 0.717) is 22.6 Å². The maximum atomic E-state index is 12.3. The van der Waals surface area contributed by atoms with Gasteiger partial charge < -0.3 is 9.88 Å². The van der Waals surface area contributed by atoms with Crippen molar-refractivity contribution in [2.24, 2.45) is 0 Å².